The molecule has 2 aromatic heterocycles. The third-order valence-electron chi connectivity index (χ3n) is 7.28. The van der Waals surface area contributed by atoms with E-state index in [0.717, 1.165) is 43.2 Å². The lowest BCUT2D eigenvalue weighted by atomic mass is 9.85. The number of rotatable bonds is 6. The molecule has 2 aliphatic heterocycles. The molecule has 1 aromatic carbocycles. The van der Waals surface area contributed by atoms with Crippen LogP contribution >= 0.6 is 23.2 Å². The Morgan fingerprint density at radius 3 is 2.69 bits per heavy atom. The Morgan fingerprint density at radius 1 is 1.14 bits per heavy atom. The van der Waals surface area contributed by atoms with E-state index in [-0.39, 0.29) is 5.91 Å². The van der Waals surface area contributed by atoms with Crippen LogP contribution in [-0.2, 0) is 11.3 Å². The van der Waals surface area contributed by atoms with E-state index in [2.05, 4.69) is 27.4 Å². The molecule has 10 heteroatoms. The highest BCUT2D eigenvalue weighted by atomic mass is 35.5. The first-order valence-electron chi connectivity index (χ1n) is 12.6. The maximum absolute atomic E-state index is 13.4. The average molecular weight is 528 g/mol. The summed E-state index contributed by atoms with van der Waals surface area (Å²) in [7, 11) is 0. The third kappa shape index (κ3) is 5.08. The van der Waals surface area contributed by atoms with Crippen LogP contribution in [0.5, 0.6) is 0 Å². The Morgan fingerprint density at radius 2 is 1.97 bits per heavy atom. The predicted octanol–water partition coefficient (Wildman–Crippen LogP) is 4.51. The summed E-state index contributed by atoms with van der Waals surface area (Å²) in [5.74, 6) is 1.54. The van der Waals surface area contributed by atoms with Gasteiger partial charge >= 0.3 is 0 Å². The second-order valence-electron chi connectivity index (χ2n) is 9.43. The lowest BCUT2D eigenvalue weighted by Gasteiger charge is -2.43. The number of hydrogen-bond acceptors (Lipinski definition) is 7. The highest BCUT2D eigenvalue weighted by molar-refractivity contribution is 6.35. The van der Waals surface area contributed by atoms with E-state index in [0.29, 0.717) is 60.2 Å². The van der Waals surface area contributed by atoms with Gasteiger partial charge in [-0.15, -0.1) is 0 Å². The summed E-state index contributed by atoms with van der Waals surface area (Å²) >= 11 is 12.4. The zero-order valence-electron chi connectivity index (χ0n) is 20.4. The van der Waals surface area contributed by atoms with Gasteiger partial charge in [0.2, 0.25) is 11.9 Å². The van der Waals surface area contributed by atoms with E-state index < -0.39 is 5.54 Å². The Balaban J connectivity index is 1.32. The minimum atomic E-state index is -0.413. The average Bonchev–Trinajstić information content (AvgIpc) is 2.92. The van der Waals surface area contributed by atoms with Gasteiger partial charge in [0, 0.05) is 49.0 Å². The molecule has 1 unspecified atom stereocenters. The molecule has 36 heavy (non-hydrogen) atoms. The molecule has 4 heterocycles. The molecule has 0 aliphatic carbocycles. The smallest absolute Gasteiger partial charge is 0.242 e. The molecule has 2 N–H and O–H groups in total. The molecule has 0 radical (unpaired) electrons. The van der Waals surface area contributed by atoms with Crippen molar-refractivity contribution in [2.45, 2.75) is 44.7 Å². The summed E-state index contributed by atoms with van der Waals surface area (Å²) in [6, 6.07) is 9.29. The van der Waals surface area contributed by atoms with Gasteiger partial charge in [0.25, 0.3) is 0 Å². The standard InChI is InChI=1S/C26H31Cl2N7O/c1-2-26(9-3-4-11-31-26)24(36)34-12-14-35(15-13-34)25-32-22-20(6-5-10-29-22)23(33-25)30-17-18-7-8-19(27)16-21(18)28/h5-8,10,16,31H,2-4,9,11-15,17H2,1H3,(H,29,30,32,33). The number of aromatic nitrogens is 3. The number of halogens is 2. The van der Waals surface area contributed by atoms with Crippen molar-refractivity contribution in [1.29, 1.82) is 0 Å². The molecule has 3 aromatic rings. The highest BCUT2D eigenvalue weighted by Crippen LogP contribution is 2.28. The van der Waals surface area contributed by atoms with E-state index >= 15 is 0 Å². The number of nitrogens with zero attached hydrogens (tertiary/aromatic N) is 5. The molecule has 1 atom stereocenters. The second kappa shape index (κ2) is 10.7. The van der Waals surface area contributed by atoms with Crippen LogP contribution in [0.25, 0.3) is 11.0 Å². The zero-order chi connectivity index (χ0) is 25.1. The Labute approximate surface area is 221 Å². The van der Waals surface area contributed by atoms with Crippen molar-refractivity contribution < 1.29 is 4.79 Å². The normalized spacial score (nSPS) is 20.5. The van der Waals surface area contributed by atoms with E-state index in [1.165, 1.54) is 0 Å². The van der Waals surface area contributed by atoms with E-state index in [9.17, 15) is 4.79 Å². The fraction of sp³-hybridized carbons (Fsp3) is 0.462. The van der Waals surface area contributed by atoms with Gasteiger partial charge in [0.05, 0.1) is 10.9 Å². The molecule has 2 saturated heterocycles. The fourth-order valence-corrected chi connectivity index (χ4v) is 5.56. The zero-order valence-corrected chi connectivity index (χ0v) is 21.9. The van der Waals surface area contributed by atoms with Crippen molar-refractivity contribution in [2.24, 2.45) is 0 Å². The van der Waals surface area contributed by atoms with E-state index in [1.54, 1.807) is 12.3 Å². The van der Waals surface area contributed by atoms with E-state index in [4.69, 9.17) is 33.2 Å². The minimum Gasteiger partial charge on any atom is -0.365 e. The van der Waals surface area contributed by atoms with Gasteiger partial charge in [-0.3, -0.25) is 4.79 Å². The summed E-state index contributed by atoms with van der Waals surface area (Å²) in [5, 5.41) is 8.97. The van der Waals surface area contributed by atoms with Crippen LogP contribution < -0.4 is 15.5 Å². The Bertz CT molecular complexity index is 1240. The summed E-state index contributed by atoms with van der Waals surface area (Å²) in [4.78, 5) is 31.6. The van der Waals surface area contributed by atoms with Gasteiger partial charge < -0.3 is 20.4 Å². The Kier molecular flexibility index (Phi) is 7.46. The molecule has 0 bridgehead atoms. The van der Waals surface area contributed by atoms with E-state index in [1.807, 2.05) is 29.2 Å². The van der Waals surface area contributed by atoms with Crippen LogP contribution in [0.4, 0.5) is 11.8 Å². The number of carbonyl (C=O) groups excluding carboxylic acids is 1. The fourth-order valence-electron chi connectivity index (χ4n) is 5.09. The van der Waals surface area contributed by atoms with Gasteiger partial charge in [-0.05, 0) is 62.1 Å². The van der Waals surface area contributed by atoms with Crippen LogP contribution in [0.15, 0.2) is 36.5 Å². The monoisotopic (exact) mass is 527 g/mol. The van der Waals surface area contributed by atoms with Crippen LogP contribution in [-0.4, -0.2) is 64.0 Å². The second-order valence-corrected chi connectivity index (χ2v) is 10.3. The van der Waals surface area contributed by atoms with Crippen LogP contribution in [0.3, 0.4) is 0 Å². The number of carbonyl (C=O) groups is 1. The molecule has 2 aliphatic rings. The molecular formula is C26H31Cl2N7O. The third-order valence-corrected chi connectivity index (χ3v) is 7.86. The number of benzene rings is 1. The van der Waals surface area contributed by atoms with Crippen LogP contribution in [0, 0.1) is 0 Å². The summed E-state index contributed by atoms with van der Waals surface area (Å²) < 4.78 is 0. The SMILES string of the molecule is CCC1(C(=O)N2CCN(c3nc(NCc4ccc(Cl)cc4Cl)c4cccnc4n3)CC2)CCCCN1. The van der Waals surface area contributed by atoms with Crippen LogP contribution in [0.2, 0.25) is 10.0 Å². The molecule has 0 spiro atoms. The first-order chi connectivity index (χ1) is 17.5. The van der Waals surface area contributed by atoms with Crippen molar-refractivity contribution in [1.82, 2.24) is 25.2 Å². The summed E-state index contributed by atoms with van der Waals surface area (Å²) in [6.07, 6.45) is 5.70. The number of fused-ring (bicyclic) bond motifs is 1. The van der Waals surface area contributed by atoms with Gasteiger partial charge in [0.15, 0.2) is 5.65 Å². The first-order valence-corrected chi connectivity index (χ1v) is 13.3. The van der Waals surface area contributed by atoms with Crippen molar-refractivity contribution in [3.63, 3.8) is 0 Å². The van der Waals surface area contributed by atoms with Gasteiger partial charge in [-0.1, -0.05) is 36.2 Å². The molecule has 1 amide bonds. The van der Waals surface area contributed by atoms with Crippen molar-refractivity contribution >= 4 is 51.9 Å². The number of hydrogen-bond donors (Lipinski definition) is 2. The molecule has 0 saturated carbocycles. The summed E-state index contributed by atoms with van der Waals surface area (Å²) in [5.41, 5.74) is 1.14. The molecule has 8 nitrogen and oxygen atoms in total. The number of piperidine rings is 1. The predicted molar refractivity (Wildman–Crippen MR) is 145 cm³/mol. The number of piperazine rings is 1. The van der Waals surface area contributed by atoms with Crippen molar-refractivity contribution in [3.05, 3.63) is 52.1 Å². The Hall–Kier alpha value is -2.68. The topological polar surface area (TPSA) is 86.3 Å². The number of nitrogens with one attached hydrogen (secondary N) is 2. The van der Waals surface area contributed by atoms with Crippen LogP contribution in [0.1, 0.15) is 38.2 Å². The van der Waals surface area contributed by atoms with Gasteiger partial charge in [0.1, 0.15) is 5.82 Å². The first kappa shape index (κ1) is 25.0. The lowest BCUT2D eigenvalue weighted by Crippen LogP contribution is -2.62. The van der Waals surface area contributed by atoms with Gasteiger partial charge in [-0.2, -0.15) is 9.97 Å². The quantitative estimate of drug-likeness (QED) is 0.487. The molecule has 5 rings (SSSR count). The number of amides is 1. The van der Waals surface area contributed by atoms with Crippen molar-refractivity contribution in [2.75, 3.05) is 42.9 Å². The van der Waals surface area contributed by atoms with Gasteiger partial charge in [-0.25, -0.2) is 4.98 Å². The maximum atomic E-state index is 13.4. The lowest BCUT2D eigenvalue weighted by molar-refractivity contribution is -0.140. The molecule has 2 fully saturated rings. The number of pyridine rings is 1. The largest absolute Gasteiger partial charge is 0.365 e. The molecule has 190 valence electrons. The van der Waals surface area contributed by atoms with Crippen molar-refractivity contribution in [3.8, 4) is 0 Å². The highest BCUT2D eigenvalue weighted by Gasteiger charge is 2.41. The maximum Gasteiger partial charge on any atom is 0.242 e. The summed E-state index contributed by atoms with van der Waals surface area (Å²) in [6.45, 7) is 6.15. The molecular weight excluding hydrogens is 497 g/mol. The minimum absolute atomic E-state index is 0.229. The number of anilines is 2.